The summed E-state index contributed by atoms with van der Waals surface area (Å²) in [7, 11) is 0. The molecule has 0 spiro atoms. The number of nitrogens with one attached hydrogen (secondary N) is 2. The van der Waals surface area contributed by atoms with Crippen molar-refractivity contribution < 1.29 is 9.47 Å². The van der Waals surface area contributed by atoms with Crippen molar-refractivity contribution in [2.75, 3.05) is 18.5 Å². The van der Waals surface area contributed by atoms with Crippen molar-refractivity contribution in [3.8, 4) is 11.5 Å². The van der Waals surface area contributed by atoms with Crippen LogP contribution in [-0.2, 0) is 0 Å². The molecule has 1 aliphatic rings. The predicted molar refractivity (Wildman–Crippen MR) is 68.0 cm³/mol. The number of fused-ring (bicyclic) bond motifs is 1. The highest BCUT2D eigenvalue weighted by molar-refractivity contribution is 7.73. The fraction of sp³-hybridized carbons (Fsp3) is 0.200. The number of aromatic amines is 1. The summed E-state index contributed by atoms with van der Waals surface area (Å²) in [6.45, 7) is 1.18. The number of aromatic nitrogens is 2. The molecule has 88 valence electrons. The molecule has 3 rings (SSSR count). The monoisotopic (exact) mass is 267 g/mol. The normalized spacial score (nSPS) is 13.4. The molecule has 1 aromatic heterocycles. The second-order valence-corrected chi connectivity index (χ2v) is 5.07. The summed E-state index contributed by atoms with van der Waals surface area (Å²) in [5, 5.41) is 10.6. The van der Waals surface area contributed by atoms with Crippen LogP contribution in [0.3, 0.4) is 0 Å². The number of rotatable bonds is 2. The predicted octanol–water partition coefficient (Wildman–Crippen LogP) is 2.72. The maximum absolute atomic E-state index is 5.50. The minimum Gasteiger partial charge on any atom is -0.486 e. The summed E-state index contributed by atoms with van der Waals surface area (Å²) >= 11 is 6.35. The first-order chi connectivity index (χ1) is 8.31. The van der Waals surface area contributed by atoms with Crippen LogP contribution in [0, 0.1) is 3.95 Å². The smallest absolute Gasteiger partial charge is 0.208 e. The van der Waals surface area contributed by atoms with Crippen molar-refractivity contribution in [1.29, 1.82) is 0 Å². The van der Waals surface area contributed by atoms with E-state index in [4.69, 9.17) is 21.7 Å². The lowest BCUT2D eigenvalue weighted by molar-refractivity contribution is 0.171. The summed E-state index contributed by atoms with van der Waals surface area (Å²) in [5.74, 6) is 1.52. The molecule has 1 aromatic carbocycles. The average Bonchev–Trinajstić information content (AvgIpc) is 2.75. The standard InChI is InChI=1S/C10H9N3O2S2/c16-10-13-12-9(17-10)11-6-1-2-7-8(5-6)15-4-3-14-7/h1-2,5H,3-4H2,(H,11,12)(H,13,16). The third-order valence-corrected chi connectivity index (χ3v) is 3.24. The van der Waals surface area contributed by atoms with Gasteiger partial charge in [0, 0.05) is 11.8 Å². The first-order valence-electron chi connectivity index (χ1n) is 5.03. The Labute approximate surface area is 106 Å². The van der Waals surface area contributed by atoms with E-state index in [0.29, 0.717) is 17.2 Å². The van der Waals surface area contributed by atoms with Gasteiger partial charge in [-0.3, -0.25) is 5.10 Å². The molecule has 0 saturated heterocycles. The number of H-pyrrole nitrogens is 1. The molecule has 0 radical (unpaired) electrons. The number of anilines is 2. The van der Waals surface area contributed by atoms with Crippen molar-refractivity contribution in [1.82, 2.24) is 10.2 Å². The van der Waals surface area contributed by atoms with Crippen LogP contribution in [0.25, 0.3) is 0 Å². The quantitative estimate of drug-likeness (QED) is 0.819. The van der Waals surface area contributed by atoms with Crippen molar-refractivity contribution in [2.45, 2.75) is 0 Å². The fourth-order valence-corrected chi connectivity index (χ4v) is 2.34. The van der Waals surface area contributed by atoms with Gasteiger partial charge in [0.25, 0.3) is 0 Å². The molecule has 17 heavy (non-hydrogen) atoms. The first-order valence-corrected chi connectivity index (χ1v) is 6.26. The molecule has 2 N–H and O–H groups in total. The molecule has 0 fully saturated rings. The first kappa shape index (κ1) is 10.5. The van der Waals surface area contributed by atoms with Crippen molar-refractivity contribution in [3.05, 3.63) is 22.2 Å². The van der Waals surface area contributed by atoms with Crippen LogP contribution in [0.4, 0.5) is 10.8 Å². The lowest BCUT2D eigenvalue weighted by Crippen LogP contribution is -2.15. The highest BCUT2D eigenvalue weighted by Gasteiger charge is 2.11. The molecule has 7 heteroatoms. The Morgan fingerprint density at radius 2 is 2.12 bits per heavy atom. The lowest BCUT2D eigenvalue weighted by atomic mass is 10.2. The molecule has 0 bridgehead atoms. The summed E-state index contributed by atoms with van der Waals surface area (Å²) < 4.78 is 11.6. The summed E-state index contributed by atoms with van der Waals surface area (Å²) in [6.07, 6.45) is 0. The largest absolute Gasteiger partial charge is 0.486 e. The SMILES string of the molecule is S=c1[nH]nc(Nc2ccc3c(c2)OCCO3)s1. The molecular weight excluding hydrogens is 258 g/mol. The van der Waals surface area contributed by atoms with Gasteiger partial charge in [-0.1, -0.05) is 11.3 Å². The van der Waals surface area contributed by atoms with Crippen LogP contribution in [0.1, 0.15) is 0 Å². The Hall–Kier alpha value is -1.60. The Morgan fingerprint density at radius 1 is 1.29 bits per heavy atom. The van der Waals surface area contributed by atoms with E-state index in [1.807, 2.05) is 18.2 Å². The molecule has 0 unspecified atom stereocenters. The van der Waals surface area contributed by atoms with Gasteiger partial charge in [-0.15, -0.1) is 5.10 Å². The molecule has 5 nitrogen and oxygen atoms in total. The third-order valence-electron chi connectivity index (χ3n) is 2.23. The van der Waals surface area contributed by atoms with Gasteiger partial charge in [0.2, 0.25) is 5.13 Å². The van der Waals surface area contributed by atoms with Crippen molar-refractivity contribution in [3.63, 3.8) is 0 Å². The topological polar surface area (TPSA) is 59.2 Å². The molecule has 0 atom stereocenters. The summed E-state index contributed by atoms with van der Waals surface area (Å²) in [5.41, 5.74) is 0.895. The number of hydrogen-bond acceptors (Lipinski definition) is 6. The van der Waals surface area contributed by atoms with Gasteiger partial charge >= 0.3 is 0 Å². The summed E-state index contributed by atoms with van der Waals surface area (Å²) in [4.78, 5) is 0. The van der Waals surface area contributed by atoms with E-state index in [2.05, 4.69) is 15.5 Å². The van der Waals surface area contributed by atoms with Gasteiger partial charge in [-0.2, -0.15) is 0 Å². The van der Waals surface area contributed by atoms with Gasteiger partial charge in [-0.05, 0) is 24.4 Å². The molecule has 0 saturated carbocycles. The zero-order chi connectivity index (χ0) is 11.7. The summed E-state index contributed by atoms with van der Waals surface area (Å²) in [6, 6.07) is 5.68. The van der Waals surface area contributed by atoms with E-state index in [9.17, 15) is 0 Å². The van der Waals surface area contributed by atoms with Crippen LogP contribution in [-0.4, -0.2) is 23.4 Å². The Balaban J connectivity index is 1.86. The highest BCUT2D eigenvalue weighted by atomic mass is 32.1. The minimum absolute atomic E-state index is 0.581. The highest BCUT2D eigenvalue weighted by Crippen LogP contribution is 2.33. The van der Waals surface area contributed by atoms with Gasteiger partial charge in [-0.25, -0.2) is 0 Å². The molecular formula is C10H9N3O2S2. The number of benzene rings is 1. The maximum Gasteiger partial charge on any atom is 0.208 e. The second kappa shape index (κ2) is 4.34. The Bertz CT molecular complexity index is 593. The number of ether oxygens (including phenoxy) is 2. The van der Waals surface area contributed by atoms with Gasteiger partial charge in [0.15, 0.2) is 15.5 Å². The van der Waals surface area contributed by atoms with Crippen molar-refractivity contribution in [2.24, 2.45) is 0 Å². The van der Waals surface area contributed by atoms with Crippen molar-refractivity contribution >= 4 is 34.4 Å². The number of nitrogens with zero attached hydrogens (tertiary/aromatic N) is 1. The fourth-order valence-electron chi connectivity index (χ4n) is 1.53. The molecule has 2 aromatic rings. The van der Waals surface area contributed by atoms with E-state index in [1.165, 1.54) is 11.3 Å². The third kappa shape index (κ3) is 2.25. The van der Waals surface area contributed by atoms with Crippen LogP contribution in [0.5, 0.6) is 11.5 Å². The van der Waals surface area contributed by atoms with E-state index in [-0.39, 0.29) is 0 Å². The van der Waals surface area contributed by atoms with Crippen LogP contribution in [0.2, 0.25) is 0 Å². The maximum atomic E-state index is 5.50. The molecule has 1 aliphatic heterocycles. The van der Waals surface area contributed by atoms with E-state index < -0.39 is 0 Å². The Kier molecular flexibility index (Phi) is 2.69. The van der Waals surface area contributed by atoms with E-state index >= 15 is 0 Å². The molecule has 0 amide bonds. The zero-order valence-electron chi connectivity index (χ0n) is 8.73. The second-order valence-electron chi connectivity index (χ2n) is 3.40. The van der Waals surface area contributed by atoms with Gasteiger partial charge in [0.1, 0.15) is 13.2 Å². The Morgan fingerprint density at radius 3 is 2.88 bits per heavy atom. The van der Waals surface area contributed by atoms with E-state index in [1.54, 1.807) is 0 Å². The molecule has 2 heterocycles. The van der Waals surface area contributed by atoms with Gasteiger partial charge in [0.05, 0.1) is 0 Å². The van der Waals surface area contributed by atoms with Crippen LogP contribution in [0.15, 0.2) is 18.2 Å². The van der Waals surface area contributed by atoms with E-state index in [0.717, 1.165) is 22.3 Å². The van der Waals surface area contributed by atoms with Crippen LogP contribution < -0.4 is 14.8 Å². The van der Waals surface area contributed by atoms with Gasteiger partial charge < -0.3 is 14.8 Å². The zero-order valence-corrected chi connectivity index (χ0v) is 10.4. The van der Waals surface area contributed by atoms with Crippen LogP contribution >= 0.6 is 23.6 Å². The minimum atomic E-state index is 0.581. The molecule has 0 aliphatic carbocycles. The number of hydrogen-bond donors (Lipinski definition) is 2. The average molecular weight is 267 g/mol. The lowest BCUT2D eigenvalue weighted by Gasteiger charge is -2.18.